The van der Waals surface area contributed by atoms with Crippen molar-refractivity contribution in [1.29, 1.82) is 0 Å². The summed E-state index contributed by atoms with van der Waals surface area (Å²) in [5, 5.41) is 14.7. The van der Waals surface area contributed by atoms with Gasteiger partial charge in [-0.25, -0.2) is 9.59 Å². The molecule has 1 atom stereocenters. The molecule has 0 aromatic heterocycles. The van der Waals surface area contributed by atoms with E-state index in [0.717, 1.165) is 22.3 Å². The van der Waals surface area contributed by atoms with Crippen LogP contribution in [0.5, 0.6) is 0 Å². The Labute approximate surface area is 211 Å². The van der Waals surface area contributed by atoms with Crippen molar-refractivity contribution in [2.45, 2.75) is 31.7 Å². The highest BCUT2D eigenvalue weighted by Crippen LogP contribution is 2.44. The van der Waals surface area contributed by atoms with Gasteiger partial charge in [0.15, 0.2) is 0 Å². The standard InChI is InChI=1S/C27H25BrN2O5/c1-2-7-23(25(31)29-24-14-16(28)12-13-21(24)26(32)33)30-27(34)35-15-22-19-10-5-3-8-17(19)18-9-4-6-11-20(18)22/h3-6,8-14,22-23H,2,7,15H2,1H3,(H,29,31)(H,30,34)(H,32,33)/t23-/m1/s1. The first kappa shape index (κ1) is 24.5. The van der Waals surface area contributed by atoms with Crippen LogP contribution in [0.4, 0.5) is 10.5 Å². The number of fused-ring (bicyclic) bond motifs is 3. The molecule has 0 unspecified atom stereocenters. The molecule has 3 aromatic rings. The largest absolute Gasteiger partial charge is 0.478 e. The molecule has 0 heterocycles. The SMILES string of the molecule is CCC[C@@H](NC(=O)OCC1c2ccccc2-c2ccccc21)C(=O)Nc1cc(Br)ccc1C(=O)O. The zero-order valence-corrected chi connectivity index (χ0v) is 20.7. The van der Waals surface area contributed by atoms with Crippen molar-refractivity contribution < 1.29 is 24.2 Å². The molecule has 4 rings (SSSR count). The summed E-state index contributed by atoms with van der Waals surface area (Å²) in [6, 6.07) is 19.7. The molecular formula is C27H25BrN2O5. The summed E-state index contributed by atoms with van der Waals surface area (Å²) in [6.45, 7) is 2.02. The number of hydrogen-bond donors (Lipinski definition) is 3. The molecule has 3 aromatic carbocycles. The minimum atomic E-state index is -1.16. The lowest BCUT2D eigenvalue weighted by molar-refractivity contribution is -0.118. The number of carbonyl (C=O) groups excluding carboxylic acids is 2. The van der Waals surface area contributed by atoms with Crippen LogP contribution in [0, 0.1) is 0 Å². The van der Waals surface area contributed by atoms with Gasteiger partial charge in [-0.1, -0.05) is 77.8 Å². The third kappa shape index (κ3) is 5.38. The third-order valence-electron chi connectivity index (χ3n) is 6.00. The van der Waals surface area contributed by atoms with Crippen molar-refractivity contribution in [3.8, 4) is 11.1 Å². The van der Waals surface area contributed by atoms with Crippen LogP contribution in [-0.2, 0) is 9.53 Å². The highest BCUT2D eigenvalue weighted by atomic mass is 79.9. The maximum atomic E-state index is 12.9. The first-order valence-electron chi connectivity index (χ1n) is 11.3. The van der Waals surface area contributed by atoms with Crippen LogP contribution in [0.25, 0.3) is 11.1 Å². The molecule has 0 saturated carbocycles. The Kier molecular flexibility index (Phi) is 7.51. The van der Waals surface area contributed by atoms with Crippen LogP contribution in [0.2, 0.25) is 0 Å². The Morgan fingerprint density at radius 3 is 2.23 bits per heavy atom. The van der Waals surface area contributed by atoms with E-state index in [0.29, 0.717) is 17.3 Å². The molecule has 0 radical (unpaired) electrons. The van der Waals surface area contributed by atoms with Gasteiger partial charge in [-0.05, 0) is 46.9 Å². The van der Waals surface area contributed by atoms with E-state index in [-0.39, 0.29) is 23.8 Å². The molecule has 1 aliphatic carbocycles. The smallest absolute Gasteiger partial charge is 0.407 e. The normalized spacial score (nSPS) is 12.9. The molecule has 3 N–H and O–H groups in total. The number of anilines is 1. The first-order valence-corrected chi connectivity index (χ1v) is 12.1. The van der Waals surface area contributed by atoms with E-state index in [4.69, 9.17) is 4.74 Å². The molecule has 1 aliphatic rings. The van der Waals surface area contributed by atoms with Crippen LogP contribution < -0.4 is 10.6 Å². The summed E-state index contributed by atoms with van der Waals surface area (Å²) in [5.41, 5.74) is 4.55. The number of benzene rings is 3. The number of alkyl carbamates (subject to hydrolysis) is 1. The number of amides is 2. The highest BCUT2D eigenvalue weighted by molar-refractivity contribution is 9.10. The third-order valence-corrected chi connectivity index (χ3v) is 6.49. The summed E-state index contributed by atoms with van der Waals surface area (Å²) in [6.07, 6.45) is 0.298. The summed E-state index contributed by atoms with van der Waals surface area (Å²) >= 11 is 3.29. The van der Waals surface area contributed by atoms with Crippen LogP contribution in [0.3, 0.4) is 0 Å². The maximum absolute atomic E-state index is 12.9. The van der Waals surface area contributed by atoms with Gasteiger partial charge in [0.2, 0.25) is 5.91 Å². The second-order valence-corrected chi connectivity index (χ2v) is 9.21. The van der Waals surface area contributed by atoms with E-state index in [1.54, 1.807) is 6.07 Å². The summed E-state index contributed by atoms with van der Waals surface area (Å²) in [7, 11) is 0. The first-order chi connectivity index (χ1) is 16.9. The lowest BCUT2D eigenvalue weighted by Gasteiger charge is -2.20. The summed E-state index contributed by atoms with van der Waals surface area (Å²) in [4.78, 5) is 37.1. The van der Waals surface area contributed by atoms with Crippen molar-refractivity contribution in [3.05, 3.63) is 87.9 Å². The summed E-state index contributed by atoms with van der Waals surface area (Å²) < 4.78 is 6.19. The number of hydrogen-bond acceptors (Lipinski definition) is 4. The topological polar surface area (TPSA) is 105 Å². The van der Waals surface area contributed by atoms with E-state index in [9.17, 15) is 19.5 Å². The van der Waals surface area contributed by atoms with Crippen molar-refractivity contribution in [3.63, 3.8) is 0 Å². The van der Waals surface area contributed by atoms with E-state index in [1.807, 2.05) is 43.3 Å². The fraction of sp³-hybridized carbons (Fsp3) is 0.222. The van der Waals surface area contributed by atoms with Crippen molar-refractivity contribution >= 4 is 39.6 Å². The van der Waals surface area contributed by atoms with Crippen molar-refractivity contribution in [1.82, 2.24) is 5.32 Å². The van der Waals surface area contributed by atoms with Gasteiger partial charge < -0.3 is 20.5 Å². The lowest BCUT2D eigenvalue weighted by Crippen LogP contribution is -2.44. The molecule has 7 nitrogen and oxygen atoms in total. The average Bonchev–Trinajstić information content (AvgIpc) is 3.16. The predicted octanol–water partition coefficient (Wildman–Crippen LogP) is 5.79. The van der Waals surface area contributed by atoms with Gasteiger partial charge in [-0.3, -0.25) is 4.79 Å². The number of nitrogens with one attached hydrogen (secondary N) is 2. The van der Waals surface area contributed by atoms with Crippen molar-refractivity contribution in [2.24, 2.45) is 0 Å². The zero-order chi connectivity index (χ0) is 24.9. The molecule has 180 valence electrons. The van der Waals surface area contributed by atoms with Crippen LogP contribution in [-0.4, -0.2) is 35.7 Å². The molecule has 0 fully saturated rings. The molecule has 35 heavy (non-hydrogen) atoms. The van der Waals surface area contributed by atoms with Gasteiger partial charge in [-0.15, -0.1) is 0 Å². The number of rotatable bonds is 8. The Hall–Kier alpha value is -3.65. The van der Waals surface area contributed by atoms with Crippen molar-refractivity contribution in [2.75, 3.05) is 11.9 Å². The van der Waals surface area contributed by atoms with E-state index in [1.165, 1.54) is 12.1 Å². The number of carboxylic acids is 1. The number of halogens is 1. The number of ether oxygens (including phenoxy) is 1. The fourth-order valence-electron chi connectivity index (χ4n) is 4.37. The second kappa shape index (κ2) is 10.7. The van der Waals surface area contributed by atoms with Gasteiger partial charge >= 0.3 is 12.1 Å². The Morgan fingerprint density at radius 1 is 1.00 bits per heavy atom. The molecule has 0 spiro atoms. The lowest BCUT2D eigenvalue weighted by atomic mass is 9.98. The maximum Gasteiger partial charge on any atom is 0.407 e. The summed E-state index contributed by atoms with van der Waals surface area (Å²) in [5.74, 6) is -1.77. The number of carbonyl (C=O) groups is 3. The van der Waals surface area contributed by atoms with Crippen LogP contribution in [0.15, 0.2) is 71.2 Å². The van der Waals surface area contributed by atoms with Gasteiger partial charge in [0.1, 0.15) is 12.6 Å². The Balaban J connectivity index is 1.43. The Morgan fingerprint density at radius 2 is 1.63 bits per heavy atom. The van der Waals surface area contributed by atoms with Crippen LogP contribution in [0.1, 0.15) is 47.2 Å². The molecule has 0 aliphatic heterocycles. The zero-order valence-electron chi connectivity index (χ0n) is 19.1. The average molecular weight is 537 g/mol. The molecular weight excluding hydrogens is 512 g/mol. The van der Waals surface area contributed by atoms with E-state index >= 15 is 0 Å². The van der Waals surface area contributed by atoms with Gasteiger partial charge in [0.25, 0.3) is 0 Å². The molecule has 0 saturated heterocycles. The monoisotopic (exact) mass is 536 g/mol. The Bertz CT molecular complexity index is 1230. The molecule has 0 bridgehead atoms. The van der Waals surface area contributed by atoms with Gasteiger partial charge in [-0.2, -0.15) is 0 Å². The predicted molar refractivity (Wildman–Crippen MR) is 137 cm³/mol. The van der Waals surface area contributed by atoms with Gasteiger partial charge in [0, 0.05) is 10.4 Å². The minimum absolute atomic E-state index is 0.0436. The fourth-order valence-corrected chi connectivity index (χ4v) is 4.73. The van der Waals surface area contributed by atoms with Crippen LogP contribution >= 0.6 is 15.9 Å². The second-order valence-electron chi connectivity index (χ2n) is 8.30. The number of aromatic carboxylic acids is 1. The minimum Gasteiger partial charge on any atom is -0.478 e. The quantitative estimate of drug-likeness (QED) is 0.337. The molecule has 8 heteroatoms. The highest BCUT2D eigenvalue weighted by Gasteiger charge is 2.30. The number of carboxylic acid groups (broad SMARTS) is 1. The van der Waals surface area contributed by atoms with Gasteiger partial charge in [0.05, 0.1) is 11.3 Å². The van der Waals surface area contributed by atoms with E-state index in [2.05, 4.69) is 38.7 Å². The van der Waals surface area contributed by atoms with E-state index < -0.39 is 24.0 Å². The molecule has 2 amide bonds.